The highest BCUT2D eigenvalue weighted by atomic mass is 79.9. The van der Waals surface area contributed by atoms with Gasteiger partial charge in [0.2, 0.25) is 0 Å². The van der Waals surface area contributed by atoms with Gasteiger partial charge in [0.25, 0.3) is 0 Å². The predicted molar refractivity (Wildman–Crippen MR) is 50.7 cm³/mol. The topological polar surface area (TPSA) is 12.0 Å². The lowest BCUT2D eigenvalue weighted by molar-refractivity contribution is 0.369. The monoisotopic (exact) mass is 207 g/mol. The molecule has 0 saturated carbocycles. The summed E-state index contributed by atoms with van der Waals surface area (Å²) < 4.78 is 0. The molecule has 0 aliphatic carbocycles. The average Bonchev–Trinajstić information content (AvgIpc) is 1.78. The van der Waals surface area contributed by atoms with Crippen molar-refractivity contribution in [3.8, 4) is 0 Å². The third-order valence-corrected chi connectivity index (χ3v) is 1.72. The Bertz CT molecular complexity index is 75.8. The number of hydrogen-bond donors (Lipinski definition) is 1. The minimum Gasteiger partial charge on any atom is -0.316 e. The predicted octanol–water partition coefficient (Wildman–Crippen LogP) is 2.41. The number of halogens is 1. The Labute approximate surface area is 72.7 Å². The van der Waals surface area contributed by atoms with Crippen LogP contribution in [-0.2, 0) is 0 Å². The number of rotatable bonds is 4. The zero-order chi connectivity index (χ0) is 8.04. The van der Waals surface area contributed by atoms with Crippen molar-refractivity contribution in [3.05, 3.63) is 0 Å². The van der Waals surface area contributed by atoms with Gasteiger partial charge < -0.3 is 5.32 Å². The maximum atomic E-state index is 3.37. The quantitative estimate of drug-likeness (QED) is 0.552. The summed E-state index contributed by atoms with van der Waals surface area (Å²) in [4.78, 5) is 0. The first-order chi connectivity index (χ1) is 4.56. The molecule has 10 heavy (non-hydrogen) atoms. The minimum atomic E-state index is 0.472. The normalized spacial score (nSPS) is 12.0. The van der Waals surface area contributed by atoms with Crippen molar-refractivity contribution in [1.82, 2.24) is 5.32 Å². The van der Waals surface area contributed by atoms with E-state index in [1.165, 1.54) is 6.42 Å². The Balaban J connectivity index is 3.04. The van der Waals surface area contributed by atoms with E-state index in [0.717, 1.165) is 18.4 Å². The van der Waals surface area contributed by atoms with Crippen LogP contribution in [0.1, 0.15) is 27.2 Å². The summed E-state index contributed by atoms with van der Waals surface area (Å²) in [6.45, 7) is 9.01. The molecule has 0 amide bonds. The second-order valence-electron chi connectivity index (χ2n) is 3.75. The molecule has 0 unspecified atom stereocenters. The molecule has 0 fully saturated rings. The van der Waals surface area contributed by atoms with Crippen LogP contribution in [0.5, 0.6) is 0 Å². The molecule has 0 aliphatic heterocycles. The Morgan fingerprint density at radius 3 is 2.20 bits per heavy atom. The van der Waals surface area contributed by atoms with Crippen LogP contribution in [0.2, 0.25) is 0 Å². The van der Waals surface area contributed by atoms with Crippen molar-refractivity contribution in [2.45, 2.75) is 27.2 Å². The molecule has 0 saturated heterocycles. The Morgan fingerprint density at radius 1 is 1.20 bits per heavy atom. The fourth-order valence-corrected chi connectivity index (χ4v) is 0.936. The zero-order valence-corrected chi connectivity index (χ0v) is 8.79. The van der Waals surface area contributed by atoms with Crippen LogP contribution in [0.25, 0.3) is 0 Å². The van der Waals surface area contributed by atoms with Crippen LogP contribution >= 0.6 is 15.9 Å². The van der Waals surface area contributed by atoms with Crippen LogP contribution in [-0.4, -0.2) is 18.4 Å². The molecular weight excluding hydrogens is 190 g/mol. The zero-order valence-electron chi connectivity index (χ0n) is 7.21. The number of nitrogens with one attached hydrogen (secondary N) is 1. The van der Waals surface area contributed by atoms with Crippen molar-refractivity contribution < 1.29 is 0 Å². The van der Waals surface area contributed by atoms with E-state index in [-0.39, 0.29) is 0 Å². The summed E-state index contributed by atoms with van der Waals surface area (Å²) in [7, 11) is 0. The van der Waals surface area contributed by atoms with Gasteiger partial charge in [-0.05, 0) is 18.4 Å². The van der Waals surface area contributed by atoms with Gasteiger partial charge in [0.1, 0.15) is 0 Å². The van der Waals surface area contributed by atoms with Crippen LogP contribution in [0.3, 0.4) is 0 Å². The third-order valence-electron chi connectivity index (χ3n) is 1.32. The first-order valence-corrected chi connectivity index (χ1v) is 4.95. The highest BCUT2D eigenvalue weighted by Gasteiger charge is 2.07. The second kappa shape index (κ2) is 5.14. The van der Waals surface area contributed by atoms with Crippen molar-refractivity contribution in [3.63, 3.8) is 0 Å². The highest BCUT2D eigenvalue weighted by molar-refractivity contribution is 9.09. The molecule has 0 atom stereocenters. The van der Waals surface area contributed by atoms with Gasteiger partial charge in [-0.3, -0.25) is 0 Å². The number of hydrogen-bond acceptors (Lipinski definition) is 1. The third kappa shape index (κ3) is 8.44. The summed E-state index contributed by atoms with van der Waals surface area (Å²) in [5, 5.41) is 4.40. The highest BCUT2D eigenvalue weighted by Crippen LogP contribution is 2.16. The summed E-state index contributed by atoms with van der Waals surface area (Å²) >= 11 is 3.37. The maximum absolute atomic E-state index is 3.37. The molecule has 0 aromatic rings. The Kier molecular flexibility index (Phi) is 5.36. The van der Waals surface area contributed by atoms with E-state index < -0.39 is 0 Å². The molecule has 1 N–H and O–H groups in total. The summed E-state index contributed by atoms with van der Waals surface area (Å²) in [5.41, 5.74) is 0.472. The SMILES string of the molecule is CC(C)(C)CCNCCBr. The van der Waals surface area contributed by atoms with Gasteiger partial charge in [0.15, 0.2) is 0 Å². The van der Waals surface area contributed by atoms with Gasteiger partial charge in [-0.1, -0.05) is 36.7 Å². The molecule has 0 spiro atoms. The fourth-order valence-electron chi connectivity index (χ4n) is 0.655. The minimum absolute atomic E-state index is 0.472. The van der Waals surface area contributed by atoms with Crippen molar-refractivity contribution in [2.75, 3.05) is 18.4 Å². The standard InChI is InChI=1S/C8H18BrN/c1-8(2,3)4-6-10-7-5-9/h10H,4-7H2,1-3H3. The second-order valence-corrected chi connectivity index (χ2v) is 4.54. The summed E-state index contributed by atoms with van der Waals surface area (Å²) in [6, 6.07) is 0. The van der Waals surface area contributed by atoms with Crippen LogP contribution < -0.4 is 5.32 Å². The lowest BCUT2D eigenvalue weighted by Crippen LogP contribution is -2.22. The van der Waals surface area contributed by atoms with Gasteiger partial charge >= 0.3 is 0 Å². The molecule has 0 aliphatic rings. The van der Waals surface area contributed by atoms with E-state index in [1.54, 1.807) is 0 Å². The molecule has 0 radical (unpaired) electrons. The molecule has 2 heteroatoms. The van der Waals surface area contributed by atoms with Gasteiger partial charge in [0, 0.05) is 11.9 Å². The van der Waals surface area contributed by atoms with E-state index in [9.17, 15) is 0 Å². The molecule has 0 aromatic heterocycles. The summed E-state index contributed by atoms with van der Waals surface area (Å²) in [5.74, 6) is 0. The van der Waals surface area contributed by atoms with Crippen molar-refractivity contribution in [2.24, 2.45) is 5.41 Å². The van der Waals surface area contributed by atoms with E-state index in [4.69, 9.17) is 0 Å². The average molecular weight is 208 g/mol. The first kappa shape index (κ1) is 10.4. The lowest BCUT2D eigenvalue weighted by Gasteiger charge is -2.17. The Morgan fingerprint density at radius 2 is 1.80 bits per heavy atom. The molecule has 1 nitrogen and oxygen atoms in total. The van der Waals surface area contributed by atoms with Gasteiger partial charge in [-0.2, -0.15) is 0 Å². The maximum Gasteiger partial charge on any atom is 0.0157 e. The summed E-state index contributed by atoms with van der Waals surface area (Å²) in [6.07, 6.45) is 1.25. The van der Waals surface area contributed by atoms with Crippen LogP contribution in [0.15, 0.2) is 0 Å². The van der Waals surface area contributed by atoms with E-state index in [0.29, 0.717) is 5.41 Å². The molecule has 62 valence electrons. The number of alkyl halides is 1. The van der Waals surface area contributed by atoms with E-state index >= 15 is 0 Å². The molecule has 0 rings (SSSR count). The van der Waals surface area contributed by atoms with Gasteiger partial charge in [0.05, 0.1) is 0 Å². The Hall–Kier alpha value is 0.440. The van der Waals surface area contributed by atoms with Crippen molar-refractivity contribution in [1.29, 1.82) is 0 Å². The lowest BCUT2D eigenvalue weighted by atomic mass is 9.92. The van der Waals surface area contributed by atoms with E-state index in [1.807, 2.05) is 0 Å². The first-order valence-electron chi connectivity index (χ1n) is 3.83. The van der Waals surface area contributed by atoms with E-state index in [2.05, 4.69) is 42.0 Å². The molecule has 0 aromatic carbocycles. The molecular formula is C8H18BrN. The van der Waals surface area contributed by atoms with Gasteiger partial charge in [-0.15, -0.1) is 0 Å². The van der Waals surface area contributed by atoms with Crippen LogP contribution in [0.4, 0.5) is 0 Å². The van der Waals surface area contributed by atoms with Crippen molar-refractivity contribution >= 4 is 15.9 Å². The van der Waals surface area contributed by atoms with Crippen LogP contribution in [0, 0.1) is 5.41 Å². The van der Waals surface area contributed by atoms with Gasteiger partial charge in [-0.25, -0.2) is 0 Å². The largest absolute Gasteiger partial charge is 0.316 e. The molecule has 0 bridgehead atoms. The molecule has 0 heterocycles. The fraction of sp³-hybridized carbons (Fsp3) is 1.00. The smallest absolute Gasteiger partial charge is 0.0157 e.